The van der Waals surface area contributed by atoms with E-state index in [-0.39, 0.29) is 0 Å². The molecule has 0 aliphatic heterocycles. The third-order valence-corrected chi connectivity index (χ3v) is 5.52. The summed E-state index contributed by atoms with van der Waals surface area (Å²) < 4.78 is 5.97. The van der Waals surface area contributed by atoms with Crippen LogP contribution in [0.3, 0.4) is 0 Å². The van der Waals surface area contributed by atoms with Crippen LogP contribution >= 0.6 is 11.3 Å². The zero-order valence-electron chi connectivity index (χ0n) is 13.3. The van der Waals surface area contributed by atoms with Crippen LogP contribution in [0.4, 0.5) is 0 Å². The minimum Gasteiger partial charge on any atom is -0.389 e. The molecule has 2 rings (SSSR count). The third-order valence-electron chi connectivity index (χ3n) is 4.50. The first kappa shape index (κ1) is 16.9. The molecule has 0 bridgehead atoms. The summed E-state index contributed by atoms with van der Waals surface area (Å²) in [7, 11) is 0. The first-order valence-electron chi connectivity index (χ1n) is 8.24. The highest BCUT2D eigenvalue weighted by Gasteiger charge is 2.24. The van der Waals surface area contributed by atoms with Crippen LogP contribution in [0.25, 0.3) is 0 Å². The van der Waals surface area contributed by atoms with Crippen molar-refractivity contribution in [1.29, 1.82) is 0 Å². The van der Waals surface area contributed by atoms with Gasteiger partial charge >= 0.3 is 0 Å². The van der Waals surface area contributed by atoms with Crippen LogP contribution in [-0.4, -0.2) is 30.5 Å². The molecule has 1 aromatic heterocycles. The van der Waals surface area contributed by atoms with E-state index in [1.807, 2.05) is 0 Å². The van der Waals surface area contributed by atoms with E-state index in [0.29, 0.717) is 25.2 Å². The van der Waals surface area contributed by atoms with Crippen molar-refractivity contribution >= 4 is 11.3 Å². The van der Waals surface area contributed by atoms with Gasteiger partial charge < -0.3 is 15.2 Å². The van der Waals surface area contributed by atoms with Gasteiger partial charge in [0.05, 0.1) is 18.8 Å². The molecule has 1 aliphatic rings. The molecule has 0 aromatic carbocycles. The van der Waals surface area contributed by atoms with E-state index in [1.165, 1.54) is 36.1 Å². The van der Waals surface area contributed by atoms with Crippen LogP contribution in [0.2, 0.25) is 0 Å². The summed E-state index contributed by atoms with van der Waals surface area (Å²) in [6, 6.07) is 2.13. The van der Waals surface area contributed by atoms with Gasteiger partial charge in [0.2, 0.25) is 0 Å². The molecule has 1 heterocycles. The second kappa shape index (κ2) is 8.89. The van der Waals surface area contributed by atoms with Gasteiger partial charge in [0.25, 0.3) is 0 Å². The maximum absolute atomic E-state index is 10.1. The standard InChI is InChI=1S/C17H29NO2S/c1-3-14-6-4-5-7-16(14)20-12-15(19)10-18-11-17-13(2)8-9-21-17/h8-9,14-16,18-19H,3-7,10-12H2,1-2H3. The normalized spacial score (nSPS) is 24.1. The fraction of sp³-hybridized carbons (Fsp3) is 0.765. The second-order valence-corrected chi connectivity index (χ2v) is 7.14. The summed E-state index contributed by atoms with van der Waals surface area (Å²) in [5.74, 6) is 0.688. The average Bonchev–Trinajstić information content (AvgIpc) is 2.91. The number of rotatable bonds is 8. The van der Waals surface area contributed by atoms with Crippen molar-refractivity contribution < 1.29 is 9.84 Å². The highest BCUT2D eigenvalue weighted by Crippen LogP contribution is 2.29. The fourth-order valence-electron chi connectivity index (χ4n) is 3.09. The molecule has 120 valence electrons. The van der Waals surface area contributed by atoms with Crippen molar-refractivity contribution in [3.63, 3.8) is 0 Å². The van der Waals surface area contributed by atoms with Crippen LogP contribution < -0.4 is 5.32 Å². The molecule has 0 saturated heterocycles. The number of nitrogens with one attached hydrogen (secondary N) is 1. The Kier molecular flexibility index (Phi) is 7.17. The van der Waals surface area contributed by atoms with Crippen molar-refractivity contribution in [3.8, 4) is 0 Å². The number of hydrogen-bond acceptors (Lipinski definition) is 4. The van der Waals surface area contributed by atoms with Gasteiger partial charge in [-0.05, 0) is 42.7 Å². The summed E-state index contributed by atoms with van der Waals surface area (Å²) >= 11 is 1.77. The smallest absolute Gasteiger partial charge is 0.0897 e. The van der Waals surface area contributed by atoms with Gasteiger partial charge in [-0.25, -0.2) is 0 Å². The molecule has 2 N–H and O–H groups in total. The van der Waals surface area contributed by atoms with Crippen LogP contribution in [-0.2, 0) is 11.3 Å². The highest BCUT2D eigenvalue weighted by atomic mass is 32.1. The number of ether oxygens (including phenoxy) is 1. The highest BCUT2D eigenvalue weighted by molar-refractivity contribution is 7.10. The average molecular weight is 311 g/mol. The Balaban J connectivity index is 1.63. The van der Waals surface area contributed by atoms with Gasteiger partial charge in [0.1, 0.15) is 0 Å². The number of aryl methyl sites for hydroxylation is 1. The lowest BCUT2D eigenvalue weighted by atomic mass is 9.85. The first-order chi connectivity index (χ1) is 10.2. The van der Waals surface area contributed by atoms with Crippen LogP contribution in [0.15, 0.2) is 11.4 Å². The molecule has 3 unspecified atom stereocenters. The predicted molar refractivity (Wildman–Crippen MR) is 88.8 cm³/mol. The minimum atomic E-state index is -0.412. The van der Waals surface area contributed by atoms with Crippen molar-refractivity contribution in [2.24, 2.45) is 5.92 Å². The van der Waals surface area contributed by atoms with Gasteiger partial charge in [0.15, 0.2) is 0 Å². The SMILES string of the molecule is CCC1CCCCC1OCC(O)CNCc1sccc1C. The molecular formula is C17H29NO2S. The maximum Gasteiger partial charge on any atom is 0.0897 e. The van der Waals surface area contributed by atoms with Crippen LogP contribution in [0, 0.1) is 12.8 Å². The van der Waals surface area contributed by atoms with E-state index in [2.05, 4.69) is 30.6 Å². The number of aliphatic hydroxyl groups excluding tert-OH is 1. The first-order valence-corrected chi connectivity index (χ1v) is 9.12. The Labute approximate surface area is 132 Å². The molecule has 1 fully saturated rings. The summed E-state index contributed by atoms with van der Waals surface area (Å²) in [5, 5.41) is 15.5. The lowest BCUT2D eigenvalue weighted by Gasteiger charge is -2.31. The van der Waals surface area contributed by atoms with E-state index < -0.39 is 6.10 Å². The quantitative estimate of drug-likeness (QED) is 0.772. The topological polar surface area (TPSA) is 41.5 Å². The van der Waals surface area contributed by atoms with Crippen molar-refractivity contribution in [3.05, 3.63) is 21.9 Å². The van der Waals surface area contributed by atoms with Gasteiger partial charge in [-0.2, -0.15) is 0 Å². The van der Waals surface area contributed by atoms with E-state index in [1.54, 1.807) is 11.3 Å². The fourth-order valence-corrected chi connectivity index (χ4v) is 3.97. The number of hydrogen-bond donors (Lipinski definition) is 2. The summed E-state index contributed by atoms with van der Waals surface area (Å²) in [6.07, 6.45) is 6.19. The molecule has 3 nitrogen and oxygen atoms in total. The lowest BCUT2D eigenvalue weighted by Crippen LogP contribution is -2.34. The molecule has 21 heavy (non-hydrogen) atoms. The monoisotopic (exact) mass is 311 g/mol. The van der Waals surface area contributed by atoms with Crippen molar-refractivity contribution in [2.45, 2.75) is 64.7 Å². The van der Waals surface area contributed by atoms with E-state index >= 15 is 0 Å². The maximum atomic E-state index is 10.1. The molecule has 1 saturated carbocycles. The Hall–Kier alpha value is -0.420. The van der Waals surface area contributed by atoms with E-state index in [0.717, 1.165) is 13.0 Å². The lowest BCUT2D eigenvalue weighted by molar-refractivity contribution is -0.0499. The Bertz CT molecular complexity index is 407. The summed E-state index contributed by atoms with van der Waals surface area (Å²) in [4.78, 5) is 1.35. The largest absolute Gasteiger partial charge is 0.389 e. The molecule has 4 heteroatoms. The zero-order chi connectivity index (χ0) is 15.1. The predicted octanol–water partition coefficient (Wildman–Crippen LogP) is 3.49. The summed E-state index contributed by atoms with van der Waals surface area (Å²) in [6.45, 7) is 6.26. The Morgan fingerprint density at radius 3 is 2.95 bits per heavy atom. The van der Waals surface area contributed by atoms with Gasteiger partial charge in [-0.15, -0.1) is 11.3 Å². The minimum absolute atomic E-state index is 0.359. The van der Waals surface area contributed by atoms with E-state index in [9.17, 15) is 5.11 Å². The molecular weight excluding hydrogens is 282 g/mol. The second-order valence-electron chi connectivity index (χ2n) is 6.14. The molecule has 1 aromatic rings. The molecule has 0 radical (unpaired) electrons. The zero-order valence-corrected chi connectivity index (χ0v) is 14.1. The van der Waals surface area contributed by atoms with Gasteiger partial charge in [0, 0.05) is 18.0 Å². The van der Waals surface area contributed by atoms with Crippen molar-refractivity contribution in [2.75, 3.05) is 13.2 Å². The molecule has 1 aliphatic carbocycles. The third kappa shape index (κ3) is 5.37. The Morgan fingerprint density at radius 2 is 2.24 bits per heavy atom. The van der Waals surface area contributed by atoms with Crippen LogP contribution in [0.1, 0.15) is 49.5 Å². The molecule has 0 amide bonds. The van der Waals surface area contributed by atoms with Gasteiger partial charge in [-0.1, -0.05) is 26.2 Å². The number of thiophene rings is 1. The molecule has 0 spiro atoms. The van der Waals surface area contributed by atoms with Gasteiger partial charge in [-0.3, -0.25) is 0 Å². The van der Waals surface area contributed by atoms with E-state index in [4.69, 9.17) is 4.74 Å². The number of aliphatic hydroxyl groups is 1. The van der Waals surface area contributed by atoms with Crippen LogP contribution in [0.5, 0.6) is 0 Å². The Morgan fingerprint density at radius 1 is 1.43 bits per heavy atom. The van der Waals surface area contributed by atoms with Crippen molar-refractivity contribution in [1.82, 2.24) is 5.32 Å². The molecule has 3 atom stereocenters. The summed E-state index contributed by atoms with van der Waals surface area (Å²) in [5.41, 5.74) is 1.33.